The predicted molar refractivity (Wildman–Crippen MR) is 65.1 cm³/mol. The zero-order valence-corrected chi connectivity index (χ0v) is 10.1. The van der Waals surface area contributed by atoms with Crippen molar-refractivity contribution in [3.63, 3.8) is 0 Å². The first kappa shape index (κ1) is 11.7. The normalized spacial score (nSPS) is 21.5. The lowest BCUT2D eigenvalue weighted by molar-refractivity contribution is -0.138. The van der Waals surface area contributed by atoms with Crippen LogP contribution in [-0.2, 0) is 4.79 Å². The molecule has 6 nitrogen and oxygen atoms in total. The van der Waals surface area contributed by atoms with Gasteiger partial charge in [-0.2, -0.15) is 0 Å². The largest absolute Gasteiger partial charge is 0.481 e. The molecule has 0 bridgehead atoms. The maximum absolute atomic E-state index is 12.1. The third-order valence-corrected chi connectivity index (χ3v) is 3.46. The van der Waals surface area contributed by atoms with Gasteiger partial charge in [0, 0.05) is 11.5 Å². The average molecular weight is 261 g/mol. The molecule has 1 aromatic heterocycles. The summed E-state index contributed by atoms with van der Waals surface area (Å²) in [4.78, 5) is 36.6. The lowest BCUT2D eigenvalue weighted by atomic mass is 10.0. The summed E-state index contributed by atoms with van der Waals surface area (Å²) in [7, 11) is 0. The molecule has 0 radical (unpaired) electrons. The highest BCUT2D eigenvalue weighted by Crippen LogP contribution is 2.41. The van der Waals surface area contributed by atoms with E-state index in [1.807, 2.05) is 0 Å². The fourth-order valence-corrected chi connectivity index (χ4v) is 2.34. The molecule has 1 saturated carbocycles. The first-order valence-electron chi connectivity index (χ1n) is 5.88. The lowest BCUT2D eigenvalue weighted by Crippen LogP contribution is -2.08. The number of ketones is 1. The van der Waals surface area contributed by atoms with E-state index < -0.39 is 23.6 Å². The highest BCUT2D eigenvalue weighted by molar-refractivity contribution is 6.04. The van der Waals surface area contributed by atoms with Crippen molar-refractivity contribution in [2.75, 3.05) is 0 Å². The average Bonchev–Trinajstić information content (AvgIpc) is 3.05. The summed E-state index contributed by atoms with van der Waals surface area (Å²) >= 11 is 0. The highest BCUT2D eigenvalue weighted by Gasteiger charge is 2.48. The van der Waals surface area contributed by atoms with E-state index in [9.17, 15) is 14.4 Å². The van der Waals surface area contributed by atoms with E-state index in [0.29, 0.717) is 23.1 Å². The van der Waals surface area contributed by atoms with Crippen LogP contribution in [0.4, 0.5) is 0 Å². The van der Waals surface area contributed by atoms with Crippen molar-refractivity contribution in [1.82, 2.24) is 4.98 Å². The molecule has 1 unspecified atom stereocenters. The van der Waals surface area contributed by atoms with E-state index in [1.165, 1.54) is 6.07 Å². The smallest absolute Gasteiger partial charge is 0.417 e. The van der Waals surface area contributed by atoms with Gasteiger partial charge in [-0.1, -0.05) is 0 Å². The van der Waals surface area contributed by atoms with Crippen LogP contribution in [0, 0.1) is 18.8 Å². The van der Waals surface area contributed by atoms with Gasteiger partial charge in [0.15, 0.2) is 11.4 Å². The maximum Gasteiger partial charge on any atom is 0.417 e. The Bertz CT molecular complexity index is 754. The van der Waals surface area contributed by atoms with Gasteiger partial charge < -0.3 is 9.52 Å². The van der Waals surface area contributed by atoms with Crippen LogP contribution in [0.1, 0.15) is 22.3 Å². The molecule has 2 atom stereocenters. The van der Waals surface area contributed by atoms with Gasteiger partial charge in [-0.15, -0.1) is 0 Å². The molecule has 0 aliphatic heterocycles. The van der Waals surface area contributed by atoms with Gasteiger partial charge >= 0.3 is 11.7 Å². The zero-order valence-electron chi connectivity index (χ0n) is 10.1. The number of fused-ring (bicyclic) bond motifs is 1. The van der Waals surface area contributed by atoms with Crippen LogP contribution in [0.25, 0.3) is 11.1 Å². The minimum absolute atomic E-state index is 0.207. The van der Waals surface area contributed by atoms with Crippen LogP contribution in [0.15, 0.2) is 21.3 Å². The number of H-pyrrole nitrogens is 1. The first-order valence-corrected chi connectivity index (χ1v) is 5.88. The number of aromatic amines is 1. The number of oxazole rings is 1. The summed E-state index contributed by atoms with van der Waals surface area (Å²) in [6.45, 7) is 1.76. The van der Waals surface area contributed by atoms with E-state index in [1.54, 1.807) is 13.0 Å². The summed E-state index contributed by atoms with van der Waals surface area (Å²) < 4.78 is 4.93. The molecule has 19 heavy (non-hydrogen) atoms. The van der Waals surface area contributed by atoms with Crippen molar-refractivity contribution in [1.29, 1.82) is 0 Å². The van der Waals surface area contributed by atoms with Crippen LogP contribution >= 0.6 is 0 Å². The van der Waals surface area contributed by atoms with E-state index in [4.69, 9.17) is 9.52 Å². The number of carbonyl (C=O) groups excluding carboxylic acids is 1. The van der Waals surface area contributed by atoms with Gasteiger partial charge in [0.1, 0.15) is 0 Å². The minimum atomic E-state index is -0.940. The Hall–Kier alpha value is -2.37. The predicted octanol–water partition coefficient (Wildman–Crippen LogP) is 1.33. The Morgan fingerprint density at radius 2 is 2.11 bits per heavy atom. The van der Waals surface area contributed by atoms with Crippen molar-refractivity contribution in [2.45, 2.75) is 13.3 Å². The monoisotopic (exact) mass is 261 g/mol. The molecule has 1 aromatic carbocycles. The van der Waals surface area contributed by atoms with Gasteiger partial charge in [-0.3, -0.25) is 14.6 Å². The van der Waals surface area contributed by atoms with Crippen molar-refractivity contribution in [3.05, 3.63) is 33.8 Å². The SMILES string of the molecule is Cc1cc(C(=O)C2C[C@@H]2C(=O)O)cc2oc(=O)[nH]c12. The van der Waals surface area contributed by atoms with E-state index >= 15 is 0 Å². The van der Waals surface area contributed by atoms with Gasteiger partial charge in [0.2, 0.25) is 0 Å². The van der Waals surface area contributed by atoms with Crippen molar-refractivity contribution in [3.8, 4) is 0 Å². The number of hydrogen-bond donors (Lipinski definition) is 2. The standard InChI is InChI=1S/C13H11NO5/c1-5-2-6(3-9-10(5)14-13(18)19-9)11(15)7-4-8(7)12(16)17/h2-3,7-8H,4H2,1H3,(H,14,18)(H,16,17)/t7?,8-/m0/s1. The second-order valence-electron chi connectivity index (χ2n) is 4.83. The molecule has 2 aromatic rings. The van der Waals surface area contributed by atoms with Crippen LogP contribution in [0.2, 0.25) is 0 Å². The number of rotatable bonds is 3. The highest BCUT2D eigenvalue weighted by atomic mass is 16.4. The minimum Gasteiger partial charge on any atom is -0.481 e. The molecule has 0 saturated heterocycles. The molecule has 1 aliphatic rings. The molecule has 1 fully saturated rings. The molecule has 6 heteroatoms. The second kappa shape index (κ2) is 3.81. The van der Waals surface area contributed by atoms with Gasteiger partial charge in [-0.05, 0) is 31.0 Å². The molecular formula is C13H11NO5. The molecule has 3 rings (SSSR count). The fraction of sp³-hybridized carbons (Fsp3) is 0.308. The van der Waals surface area contributed by atoms with Gasteiger partial charge in [0.25, 0.3) is 0 Å². The molecule has 0 amide bonds. The Morgan fingerprint density at radius 3 is 2.74 bits per heavy atom. The number of nitrogens with one attached hydrogen (secondary N) is 1. The number of Topliss-reactive ketones (excluding diaryl/α,β-unsaturated/α-hetero) is 1. The quantitative estimate of drug-likeness (QED) is 0.812. The number of carboxylic acids is 1. The summed E-state index contributed by atoms with van der Waals surface area (Å²) in [6, 6.07) is 3.13. The molecule has 1 aliphatic carbocycles. The third-order valence-electron chi connectivity index (χ3n) is 3.46. The van der Waals surface area contributed by atoms with Crippen LogP contribution in [0.3, 0.4) is 0 Å². The number of hydrogen-bond acceptors (Lipinski definition) is 4. The Labute approximate surface area is 107 Å². The van der Waals surface area contributed by atoms with Crippen molar-refractivity contribution in [2.24, 2.45) is 11.8 Å². The maximum atomic E-state index is 12.1. The summed E-state index contributed by atoms with van der Waals surface area (Å²) in [5.74, 6) is -2.76. The Balaban J connectivity index is 2.00. The topological polar surface area (TPSA) is 100 Å². The van der Waals surface area contributed by atoms with E-state index in [-0.39, 0.29) is 5.78 Å². The van der Waals surface area contributed by atoms with Crippen molar-refractivity contribution < 1.29 is 19.1 Å². The summed E-state index contributed by atoms with van der Waals surface area (Å²) in [5, 5.41) is 8.83. The van der Waals surface area contributed by atoms with Crippen LogP contribution in [0.5, 0.6) is 0 Å². The summed E-state index contributed by atoms with van der Waals surface area (Å²) in [5.41, 5.74) is 1.99. The van der Waals surface area contributed by atoms with E-state index in [2.05, 4.69) is 4.98 Å². The number of aliphatic carboxylic acids is 1. The van der Waals surface area contributed by atoms with Gasteiger partial charge in [0.05, 0.1) is 11.4 Å². The molecular weight excluding hydrogens is 250 g/mol. The molecule has 98 valence electrons. The second-order valence-corrected chi connectivity index (χ2v) is 4.83. The number of benzene rings is 1. The van der Waals surface area contributed by atoms with Gasteiger partial charge in [-0.25, -0.2) is 4.79 Å². The number of aryl methyl sites for hydroxylation is 1. The van der Waals surface area contributed by atoms with Crippen molar-refractivity contribution >= 4 is 22.9 Å². The van der Waals surface area contributed by atoms with Crippen LogP contribution in [-0.4, -0.2) is 21.8 Å². The summed E-state index contributed by atoms with van der Waals surface area (Å²) in [6.07, 6.45) is 0.377. The molecule has 0 spiro atoms. The molecule has 2 N–H and O–H groups in total. The number of aromatic nitrogens is 1. The third kappa shape index (κ3) is 1.85. The Morgan fingerprint density at radius 1 is 1.37 bits per heavy atom. The lowest BCUT2D eigenvalue weighted by Gasteiger charge is -2.01. The number of carboxylic acid groups (broad SMARTS) is 1. The Kier molecular flexibility index (Phi) is 2.35. The fourth-order valence-electron chi connectivity index (χ4n) is 2.34. The first-order chi connectivity index (χ1) is 8.97. The zero-order chi connectivity index (χ0) is 13.7. The van der Waals surface area contributed by atoms with E-state index in [0.717, 1.165) is 5.56 Å². The molecule has 1 heterocycles. The van der Waals surface area contributed by atoms with Crippen LogP contribution < -0.4 is 5.76 Å². The number of carbonyl (C=O) groups is 2.